The maximum Gasteiger partial charge on any atom is 0.410 e. The van der Waals surface area contributed by atoms with Gasteiger partial charge < -0.3 is 9.72 Å². The van der Waals surface area contributed by atoms with E-state index in [9.17, 15) is 4.79 Å². The molecule has 0 atom stereocenters. The number of halogens is 1. The lowest BCUT2D eigenvalue weighted by molar-refractivity contribution is 0.224. The number of rotatable bonds is 1. The molecule has 5 heteroatoms. The zero-order chi connectivity index (χ0) is 6.69. The Morgan fingerprint density at radius 2 is 2.67 bits per heavy atom. The SMILES string of the molecule is O=C(Cl)Oc1cnc[nH]1. The van der Waals surface area contributed by atoms with Crippen LogP contribution in [-0.2, 0) is 0 Å². The van der Waals surface area contributed by atoms with Crippen LogP contribution in [0.25, 0.3) is 0 Å². The zero-order valence-corrected chi connectivity index (χ0v) is 5.05. The van der Waals surface area contributed by atoms with Crippen molar-refractivity contribution in [2.45, 2.75) is 0 Å². The molecular formula is C4H3ClN2O2. The molecule has 0 spiro atoms. The van der Waals surface area contributed by atoms with Crippen LogP contribution in [0.5, 0.6) is 5.88 Å². The molecule has 1 heterocycles. The second-order valence-electron chi connectivity index (χ2n) is 1.26. The summed E-state index contributed by atoms with van der Waals surface area (Å²) in [6.07, 6.45) is 2.73. The van der Waals surface area contributed by atoms with Crippen molar-refractivity contribution in [3.63, 3.8) is 0 Å². The van der Waals surface area contributed by atoms with E-state index in [4.69, 9.17) is 11.6 Å². The predicted molar refractivity (Wildman–Crippen MR) is 30.5 cm³/mol. The van der Waals surface area contributed by atoms with E-state index >= 15 is 0 Å². The van der Waals surface area contributed by atoms with Gasteiger partial charge in [-0.25, -0.2) is 9.78 Å². The van der Waals surface area contributed by atoms with Gasteiger partial charge in [-0.3, -0.25) is 0 Å². The first-order valence-corrected chi connectivity index (χ1v) is 2.52. The fourth-order valence-electron chi connectivity index (χ4n) is 0.385. The van der Waals surface area contributed by atoms with Crippen molar-refractivity contribution in [3.8, 4) is 5.88 Å². The summed E-state index contributed by atoms with van der Waals surface area (Å²) in [4.78, 5) is 16.1. The van der Waals surface area contributed by atoms with Crippen LogP contribution in [-0.4, -0.2) is 15.4 Å². The van der Waals surface area contributed by atoms with Gasteiger partial charge in [-0.1, -0.05) is 0 Å². The number of H-pyrrole nitrogens is 1. The lowest BCUT2D eigenvalue weighted by Gasteiger charge is -1.89. The Morgan fingerprint density at radius 3 is 3.11 bits per heavy atom. The summed E-state index contributed by atoms with van der Waals surface area (Å²) in [6, 6.07) is 0. The highest BCUT2D eigenvalue weighted by molar-refractivity contribution is 6.61. The van der Waals surface area contributed by atoms with Crippen molar-refractivity contribution in [2.24, 2.45) is 0 Å². The standard InChI is InChI=1S/C4H3ClN2O2/c5-4(8)9-3-1-6-2-7-3/h1-2H,(H,6,7). The van der Waals surface area contributed by atoms with Crippen LogP contribution < -0.4 is 4.74 Å². The molecule has 9 heavy (non-hydrogen) atoms. The molecular weight excluding hydrogens is 144 g/mol. The first kappa shape index (κ1) is 6.10. The lowest BCUT2D eigenvalue weighted by atomic mass is 10.9. The third kappa shape index (κ3) is 1.73. The zero-order valence-electron chi connectivity index (χ0n) is 4.30. The van der Waals surface area contributed by atoms with Gasteiger partial charge in [0.25, 0.3) is 0 Å². The second kappa shape index (κ2) is 2.50. The molecule has 0 aliphatic carbocycles. The predicted octanol–water partition coefficient (Wildman–Crippen LogP) is 1.15. The molecule has 0 saturated heterocycles. The average molecular weight is 147 g/mol. The molecule has 1 aromatic rings. The van der Waals surface area contributed by atoms with Crippen LogP contribution in [0.3, 0.4) is 0 Å². The van der Waals surface area contributed by atoms with Crippen LogP contribution >= 0.6 is 11.6 Å². The van der Waals surface area contributed by atoms with E-state index in [0.29, 0.717) is 0 Å². The minimum absolute atomic E-state index is 0.245. The van der Waals surface area contributed by atoms with Gasteiger partial charge >= 0.3 is 5.43 Å². The molecule has 0 bridgehead atoms. The molecule has 1 N–H and O–H groups in total. The summed E-state index contributed by atoms with van der Waals surface area (Å²) in [5, 5.41) is 0. The Labute approximate surface area is 55.8 Å². The molecule has 0 aliphatic rings. The van der Waals surface area contributed by atoms with E-state index in [1.165, 1.54) is 12.5 Å². The van der Waals surface area contributed by atoms with Gasteiger partial charge in [0.2, 0.25) is 5.88 Å². The third-order valence-corrected chi connectivity index (χ3v) is 0.740. The van der Waals surface area contributed by atoms with Crippen molar-refractivity contribution in [3.05, 3.63) is 12.5 Å². The number of aromatic nitrogens is 2. The van der Waals surface area contributed by atoms with Gasteiger partial charge in [-0.15, -0.1) is 0 Å². The Balaban J connectivity index is 2.58. The first-order chi connectivity index (χ1) is 4.29. The third-order valence-electron chi connectivity index (χ3n) is 0.663. The van der Waals surface area contributed by atoms with E-state index in [2.05, 4.69) is 14.7 Å². The number of nitrogens with zero attached hydrogens (tertiary/aromatic N) is 1. The van der Waals surface area contributed by atoms with Gasteiger partial charge in [-0.05, 0) is 0 Å². The van der Waals surface area contributed by atoms with Gasteiger partial charge in [0.1, 0.15) is 0 Å². The highest BCUT2D eigenvalue weighted by atomic mass is 35.5. The molecule has 48 valence electrons. The highest BCUT2D eigenvalue weighted by Crippen LogP contribution is 2.02. The summed E-state index contributed by atoms with van der Waals surface area (Å²) >= 11 is 4.86. The maximum atomic E-state index is 10.0. The van der Waals surface area contributed by atoms with E-state index in [1.807, 2.05) is 0 Å². The van der Waals surface area contributed by atoms with Crippen molar-refractivity contribution >= 4 is 17.0 Å². The quantitative estimate of drug-likeness (QED) is 0.605. The van der Waals surface area contributed by atoms with Crippen LogP contribution in [0.4, 0.5) is 4.79 Å². The first-order valence-electron chi connectivity index (χ1n) is 2.15. The smallest absolute Gasteiger partial charge is 0.396 e. The largest absolute Gasteiger partial charge is 0.410 e. The Hall–Kier alpha value is -1.03. The molecule has 4 nitrogen and oxygen atoms in total. The summed E-state index contributed by atoms with van der Waals surface area (Å²) < 4.78 is 4.36. The maximum absolute atomic E-state index is 10.0. The molecule has 1 rings (SSSR count). The van der Waals surface area contributed by atoms with Crippen molar-refractivity contribution < 1.29 is 9.53 Å². The summed E-state index contributed by atoms with van der Waals surface area (Å²) in [6.45, 7) is 0. The van der Waals surface area contributed by atoms with Crippen molar-refractivity contribution in [1.82, 2.24) is 9.97 Å². The van der Waals surface area contributed by atoms with Gasteiger partial charge in [0.05, 0.1) is 12.5 Å². The highest BCUT2D eigenvalue weighted by Gasteiger charge is 1.97. The number of hydrogen-bond acceptors (Lipinski definition) is 3. The molecule has 0 unspecified atom stereocenters. The normalized spacial score (nSPS) is 9.00. The summed E-state index contributed by atoms with van der Waals surface area (Å²) in [5.74, 6) is 0.245. The average Bonchev–Trinajstić information content (AvgIpc) is 2.15. The van der Waals surface area contributed by atoms with Gasteiger partial charge in [-0.2, -0.15) is 0 Å². The molecule has 0 amide bonds. The van der Waals surface area contributed by atoms with E-state index in [0.717, 1.165) is 0 Å². The Morgan fingerprint density at radius 1 is 1.89 bits per heavy atom. The monoisotopic (exact) mass is 146 g/mol. The fraction of sp³-hybridized carbons (Fsp3) is 0. The number of carbonyl (C=O) groups is 1. The Kier molecular flexibility index (Phi) is 1.69. The molecule has 0 aliphatic heterocycles. The van der Waals surface area contributed by atoms with Crippen LogP contribution in [0.1, 0.15) is 0 Å². The van der Waals surface area contributed by atoms with Gasteiger partial charge in [0, 0.05) is 11.6 Å². The number of carbonyl (C=O) groups excluding carboxylic acids is 1. The number of aromatic amines is 1. The second-order valence-corrected chi connectivity index (χ2v) is 1.56. The van der Waals surface area contributed by atoms with Crippen LogP contribution in [0.2, 0.25) is 0 Å². The molecule has 0 radical (unpaired) electrons. The summed E-state index contributed by atoms with van der Waals surface area (Å²) in [7, 11) is 0. The fourth-order valence-corrected chi connectivity index (χ4v) is 0.469. The van der Waals surface area contributed by atoms with Crippen LogP contribution in [0, 0.1) is 0 Å². The molecule has 1 aromatic heterocycles. The Bertz CT molecular complexity index is 196. The van der Waals surface area contributed by atoms with E-state index in [-0.39, 0.29) is 5.88 Å². The van der Waals surface area contributed by atoms with Crippen LogP contribution in [0.15, 0.2) is 12.5 Å². The number of imidazole rings is 1. The minimum Gasteiger partial charge on any atom is -0.396 e. The number of nitrogens with one attached hydrogen (secondary N) is 1. The topological polar surface area (TPSA) is 55.0 Å². The van der Waals surface area contributed by atoms with Crippen molar-refractivity contribution in [1.29, 1.82) is 0 Å². The lowest BCUT2D eigenvalue weighted by Crippen LogP contribution is -1.95. The summed E-state index contributed by atoms with van der Waals surface area (Å²) in [5.41, 5.74) is -0.876. The molecule has 0 fully saturated rings. The van der Waals surface area contributed by atoms with E-state index in [1.54, 1.807) is 0 Å². The minimum atomic E-state index is -0.876. The molecule has 0 aromatic carbocycles. The number of hydrogen-bond donors (Lipinski definition) is 1. The van der Waals surface area contributed by atoms with E-state index < -0.39 is 5.43 Å². The molecule has 0 saturated carbocycles. The van der Waals surface area contributed by atoms with Crippen molar-refractivity contribution in [2.75, 3.05) is 0 Å². The number of ether oxygens (including phenoxy) is 1. The van der Waals surface area contributed by atoms with Gasteiger partial charge in [0.15, 0.2) is 0 Å².